The summed E-state index contributed by atoms with van der Waals surface area (Å²) < 4.78 is 31.6. The molecule has 8 heteroatoms. The monoisotopic (exact) mass is 322 g/mol. The molecule has 1 aromatic rings. The Morgan fingerprint density at radius 2 is 2.10 bits per heavy atom. The number of unbranched alkanes of at least 4 members (excludes halogenated alkanes) is 1. The number of aromatic amines is 1. The molecule has 0 saturated carbocycles. The lowest BCUT2D eigenvalue weighted by molar-refractivity contribution is 0.0762. The first-order valence-corrected chi connectivity index (χ1v) is 8.18. The van der Waals surface area contributed by atoms with Crippen molar-refractivity contribution < 1.29 is 13.2 Å². The van der Waals surface area contributed by atoms with E-state index in [-0.39, 0.29) is 16.0 Å². The molecule has 114 valence electrons. The normalized spacial score (nSPS) is 12.0. The predicted octanol–water partition coefficient (Wildman–Crippen LogP) is 1.51. The summed E-state index contributed by atoms with van der Waals surface area (Å²) in [5, 5.41) is -0.154. The molecule has 0 spiro atoms. The van der Waals surface area contributed by atoms with Gasteiger partial charge in [-0.05, 0) is 32.8 Å². The molecule has 0 amide bonds. The van der Waals surface area contributed by atoms with Crippen LogP contribution in [0.5, 0.6) is 0 Å². The number of nitrogens with one attached hydrogen (secondary N) is 2. The molecule has 0 aromatic carbocycles. The molecule has 0 aliphatic rings. The predicted molar refractivity (Wildman–Crippen MR) is 77.6 cm³/mol. The van der Waals surface area contributed by atoms with E-state index in [1.807, 2.05) is 13.8 Å². The zero-order chi connectivity index (χ0) is 15.2. The summed E-state index contributed by atoms with van der Waals surface area (Å²) in [7, 11) is -3.65. The molecule has 0 radical (unpaired) electrons. The molecular weight excluding hydrogens is 304 g/mol. The third-order valence-corrected chi connectivity index (χ3v) is 4.18. The average molecular weight is 323 g/mol. The van der Waals surface area contributed by atoms with Gasteiger partial charge < -0.3 is 9.72 Å². The van der Waals surface area contributed by atoms with Crippen LogP contribution in [0.1, 0.15) is 26.7 Å². The van der Waals surface area contributed by atoms with E-state index >= 15 is 0 Å². The summed E-state index contributed by atoms with van der Waals surface area (Å²) in [5.74, 6) is 0. The standard InChI is InChI=1S/C12H19ClN2O4S/c1-9(2)19-6-4-3-5-15-20(17,18)10-7-11(13)12(16)14-8-10/h7-9,15H,3-6H2,1-2H3,(H,14,16). The highest BCUT2D eigenvalue weighted by Gasteiger charge is 2.14. The van der Waals surface area contributed by atoms with Crippen LogP contribution in [0, 0.1) is 0 Å². The van der Waals surface area contributed by atoms with Crippen molar-refractivity contribution in [3.63, 3.8) is 0 Å². The highest BCUT2D eigenvalue weighted by atomic mass is 35.5. The number of hydrogen-bond donors (Lipinski definition) is 2. The number of rotatable bonds is 8. The van der Waals surface area contributed by atoms with Gasteiger partial charge in [-0.3, -0.25) is 4.79 Å². The lowest BCUT2D eigenvalue weighted by atomic mass is 10.3. The summed E-state index contributed by atoms with van der Waals surface area (Å²) in [6, 6.07) is 1.13. The van der Waals surface area contributed by atoms with Crippen LogP contribution in [0.15, 0.2) is 22.0 Å². The molecular formula is C12H19ClN2O4S. The Labute approximate surface area is 123 Å². The molecule has 0 saturated heterocycles. The van der Waals surface area contributed by atoms with Crippen molar-refractivity contribution in [3.05, 3.63) is 27.6 Å². The molecule has 1 aromatic heterocycles. The van der Waals surface area contributed by atoms with E-state index in [0.29, 0.717) is 19.6 Å². The van der Waals surface area contributed by atoms with Crippen LogP contribution >= 0.6 is 11.6 Å². The number of aromatic nitrogens is 1. The first-order chi connectivity index (χ1) is 9.33. The van der Waals surface area contributed by atoms with Crippen LogP contribution < -0.4 is 10.3 Å². The van der Waals surface area contributed by atoms with Gasteiger partial charge >= 0.3 is 0 Å². The van der Waals surface area contributed by atoms with Crippen LogP contribution in [-0.4, -0.2) is 32.7 Å². The van der Waals surface area contributed by atoms with Gasteiger partial charge in [0.05, 0.1) is 11.0 Å². The van der Waals surface area contributed by atoms with Gasteiger partial charge in [-0.25, -0.2) is 13.1 Å². The van der Waals surface area contributed by atoms with Crippen LogP contribution in [0.3, 0.4) is 0 Å². The molecule has 0 unspecified atom stereocenters. The number of halogens is 1. The van der Waals surface area contributed by atoms with E-state index in [0.717, 1.165) is 18.7 Å². The molecule has 0 aliphatic carbocycles. The molecule has 6 nitrogen and oxygen atoms in total. The second-order valence-electron chi connectivity index (χ2n) is 4.54. The van der Waals surface area contributed by atoms with Crippen molar-refractivity contribution in [2.75, 3.05) is 13.2 Å². The Hall–Kier alpha value is -0.890. The Kier molecular flexibility index (Phi) is 6.67. The van der Waals surface area contributed by atoms with Crippen LogP contribution in [-0.2, 0) is 14.8 Å². The van der Waals surface area contributed by atoms with Crippen molar-refractivity contribution in [2.45, 2.75) is 37.7 Å². The van der Waals surface area contributed by atoms with E-state index in [2.05, 4.69) is 9.71 Å². The van der Waals surface area contributed by atoms with E-state index in [1.165, 1.54) is 0 Å². The third kappa shape index (κ3) is 5.62. The molecule has 2 N–H and O–H groups in total. The third-order valence-electron chi connectivity index (χ3n) is 2.46. The molecule has 0 fully saturated rings. The number of hydrogen-bond acceptors (Lipinski definition) is 4. The minimum Gasteiger partial charge on any atom is -0.379 e. The fourth-order valence-corrected chi connectivity index (χ4v) is 2.73. The van der Waals surface area contributed by atoms with E-state index in [1.54, 1.807) is 0 Å². The fraction of sp³-hybridized carbons (Fsp3) is 0.583. The minimum atomic E-state index is -3.65. The number of ether oxygens (including phenoxy) is 1. The van der Waals surface area contributed by atoms with Crippen LogP contribution in [0.2, 0.25) is 5.02 Å². The van der Waals surface area contributed by atoms with Crippen molar-refractivity contribution in [2.24, 2.45) is 0 Å². The second kappa shape index (κ2) is 7.78. The van der Waals surface area contributed by atoms with Crippen molar-refractivity contribution in [1.29, 1.82) is 0 Å². The van der Waals surface area contributed by atoms with E-state index < -0.39 is 15.6 Å². The van der Waals surface area contributed by atoms with Gasteiger partial charge in [-0.1, -0.05) is 11.6 Å². The van der Waals surface area contributed by atoms with E-state index in [9.17, 15) is 13.2 Å². The fourth-order valence-electron chi connectivity index (χ4n) is 1.43. The molecule has 1 rings (SSSR count). The number of pyridine rings is 1. The topological polar surface area (TPSA) is 88.3 Å². The highest BCUT2D eigenvalue weighted by Crippen LogP contribution is 2.10. The maximum absolute atomic E-state index is 11.9. The van der Waals surface area contributed by atoms with Crippen LogP contribution in [0.25, 0.3) is 0 Å². The quantitative estimate of drug-likeness (QED) is 0.710. The molecule has 0 atom stereocenters. The molecule has 1 heterocycles. The minimum absolute atomic E-state index is 0.0551. The van der Waals surface area contributed by atoms with Crippen molar-refractivity contribution in [1.82, 2.24) is 9.71 Å². The lowest BCUT2D eigenvalue weighted by Crippen LogP contribution is -2.26. The zero-order valence-corrected chi connectivity index (χ0v) is 13.1. The van der Waals surface area contributed by atoms with Gasteiger partial charge in [-0.2, -0.15) is 0 Å². The van der Waals surface area contributed by atoms with Gasteiger partial charge in [0.25, 0.3) is 5.56 Å². The van der Waals surface area contributed by atoms with Gasteiger partial charge in [0.2, 0.25) is 10.0 Å². The maximum atomic E-state index is 11.9. The van der Waals surface area contributed by atoms with Crippen molar-refractivity contribution >= 4 is 21.6 Å². The van der Waals surface area contributed by atoms with Gasteiger partial charge in [0.15, 0.2) is 0 Å². The van der Waals surface area contributed by atoms with Crippen molar-refractivity contribution in [3.8, 4) is 0 Å². The first kappa shape index (κ1) is 17.2. The molecule has 20 heavy (non-hydrogen) atoms. The summed E-state index contributed by atoms with van der Waals surface area (Å²) in [4.78, 5) is 13.3. The first-order valence-electron chi connectivity index (χ1n) is 6.32. The largest absolute Gasteiger partial charge is 0.379 e. The van der Waals surface area contributed by atoms with Crippen LogP contribution in [0.4, 0.5) is 0 Å². The summed E-state index contributed by atoms with van der Waals surface area (Å²) in [6.45, 7) is 4.80. The summed E-state index contributed by atoms with van der Waals surface area (Å²) in [6.07, 6.45) is 2.74. The van der Waals surface area contributed by atoms with Gasteiger partial charge in [0, 0.05) is 19.3 Å². The Bertz CT molecular complexity index is 583. The maximum Gasteiger partial charge on any atom is 0.266 e. The Morgan fingerprint density at radius 1 is 1.40 bits per heavy atom. The lowest BCUT2D eigenvalue weighted by Gasteiger charge is -2.08. The van der Waals surface area contributed by atoms with Gasteiger partial charge in [-0.15, -0.1) is 0 Å². The summed E-state index contributed by atoms with van der Waals surface area (Å²) >= 11 is 5.60. The highest BCUT2D eigenvalue weighted by molar-refractivity contribution is 7.89. The number of H-pyrrole nitrogens is 1. The summed E-state index contributed by atoms with van der Waals surface area (Å²) in [5.41, 5.74) is -0.517. The smallest absolute Gasteiger partial charge is 0.266 e. The SMILES string of the molecule is CC(C)OCCCCNS(=O)(=O)c1c[nH]c(=O)c(Cl)c1. The Balaban J connectivity index is 2.45. The van der Waals surface area contributed by atoms with Gasteiger partial charge in [0.1, 0.15) is 5.02 Å². The van der Waals surface area contributed by atoms with E-state index in [4.69, 9.17) is 16.3 Å². The second-order valence-corrected chi connectivity index (χ2v) is 6.71. The average Bonchev–Trinajstić information content (AvgIpc) is 2.36. The molecule has 0 bridgehead atoms. The number of sulfonamides is 1. The molecule has 0 aliphatic heterocycles. The Morgan fingerprint density at radius 3 is 2.70 bits per heavy atom. The zero-order valence-electron chi connectivity index (χ0n) is 11.5.